The van der Waals surface area contributed by atoms with Gasteiger partial charge in [-0.15, -0.1) is 10.2 Å². The lowest BCUT2D eigenvalue weighted by Crippen LogP contribution is -2.45. The number of aromatic nitrogens is 5. The molecule has 1 saturated heterocycles. The molecule has 9 heteroatoms. The highest BCUT2D eigenvalue weighted by atomic mass is 32.1. The Balaban J connectivity index is 1.47. The summed E-state index contributed by atoms with van der Waals surface area (Å²) < 4.78 is 6.75. The normalized spacial score (nSPS) is 14.9. The molecule has 0 N–H and O–H groups in total. The minimum Gasteiger partial charge on any atom is -0.461 e. The molecule has 4 heterocycles. The molecule has 8 nitrogen and oxygen atoms in total. The Morgan fingerprint density at radius 1 is 1.43 bits per heavy atom. The lowest BCUT2D eigenvalue weighted by molar-refractivity contribution is 0.0525. The molecule has 0 radical (unpaired) electrons. The van der Waals surface area contributed by atoms with Crippen molar-refractivity contribution in [1.82, 2.24) is 24.8 Å². The van der Waals surface area contributed by atoms with E-state index in [9.17, 15) is 4.79 Å². The van der Waals surface area contributed by atoms with Crippen molar-refractivity contribution in [1.29, 1.82) is 0 Å². The van der Waals surface area contributed by atoms with Crippen molar-refractivity contribution in [2.45, 2.75) is 12.8 Å². The number of anilines is 1. The zero-order valence-electron chi connectivity index (χ0n) is 12.4. The summed E-state index contributed by atoms with van der Waals surface area (Å²) in [5, 5.41) is 13.4. The van der Waals surface area contributed by atoms with E-state index in [4.69, 9.17) is 4.74 Å². The van der Waals surface area contributed by atoms with Crippen LogP contribution in [0.5, 0.6) is 0 Å². The summed E-state index contributed by atoms with van der Waals surface area (Å²) in [5.41, 5.74) is 0.982. The van der Waals surface area contributed by atoms with E-state index in [0.717, 1.165) is 29.4 Å². The summed E-state index contributed by atoms with van der Waals surface area (Å²) in [6.07, 6.45) is 3.45. The minimum absolute atomic E-state index is 0.264. The molecule has 0 amide bonds. The maximum Gasteiger partial charge on any atom is 0.369 e. The van der Waals surface area contributed by atoms with Gasteiger partial charge in [0, 0.05) is 25.2 Å². The van der Waals surface area contributed by atoms with E-state index in [1.807, 2.05) is 18.3 Å². The molecule has 0 saturated carbocycles. The first-order valence-electron chi connectivity index (χ1n) is 7.30. The number of rotatable bonds is 4. The van der Waals surface area contributed by atoms with Gasteiger partial charge in [-0.05, 0) is 19.1 Å². The van der Waals surface area contributed by atoms with Gasteiger partial charge in [0.15, 0.2) is 5.82 Å². The average Bonchev–Trinajstić information content (AvgIpc) is 3.15. The van der Waals surface area contributed by atoms with Gasteiger partial charge >= 0.3 is 5.97 Å². The van der Waals surface area contributed by atoms with Crippen LogP contribution < -0.4 is 4.90 Å². The molecule has 0 atom stereocenters. The summed E-state index contributed by atoms with van der Waals surface area (Å²) in [7, 11) is 0. The van der Waals surface area contributed by atoms with Crippen LogP contribution in [-0.2, 0) is 4.74 Å². The van der Waals surface area contributed by atoms with E-state index < -0.39 is 5.97 Å². The lowest BCUT2D eigenvalue weighted by Gasteiger charge is -2.38. The van der Waals surface area contributed by atoms with Gasteiger partial charge in [0.25, 0.3) is 0 Å². The molecule has 118 valence electrons. The number of carbonyl (C=O) groups excluding carboxylic acids is 1. The second kappa shape index (κ2) is 5.58. The molecule has 0 bridgehead atoms. The molecule has 3 aromatic heterocycles. The second-order valence-electron chi connectivity index (χ2n) is 5.19. The molecule has 23 heavy (non-hydrogen) atoms. The Kier molecular flexibility index (Phi) is 3.41. The molecule has 0 unspecified atom stereocenters. The van der Waals surface area contributed by atoms with Crippen molar-refractivity contribution in [2.24, 2.45) is 0 Å². The SMILES string of the molecule is CCOC(=O)c1nnc(C2CN(c3ncnn4cccc34)C2)s1. The maximum absolute atomic E-state index is 11.6. The first kappa shape index (κ1) is 14.1. The van der Waals surface area contributed by atoms with E-state index in [0.29, 0.717) is 11.6 Å². The zero-order valence-corrected chi connectivity index (χ0v) is 13.2. The second-order valence-corrected chi connectivity index (χ2v) is 6.20. The minimum atomic E-state index is -0.405. The highest BCUT2D eigenvalue weighted by molar-refractivity contribution is 7.13. The van der Waals surface area contributed by atoms with Gasteiger partial charge in [0.05, 0.1) is 6.61 Å². The van der Waals surface area contributed by atoms with Crippen LogP contribution in [0.3, 0.4) is 0 Å². The monoisotopic (exact) mass is 330 g/mol. The molecule has 1 aliphatic heterocycles. The highest BCUT2D eigenvalue weighted by Gasteiger charge is 2.33. The van der Waals surface area contributed by atoms with Gasteiger partial charge in [-0.1, -0.05) is 11.3 Å². The topological polar surface area (TPSA) is 85.5 Å². The third kappa shape index (κ3) is 2.42. The quantitative estimate of drug-likeness (QED) is 0.668. The molecule has 1 fully saturated rings. The fraction of sp³-hybridized carbons (Fsp3) is 0.357. The van der Waals surface area contributed by atoms with Crippen LogP contribution in [0.4, 0.5) is 5.82 Å². The van der Waals surface area contributed by atoms with Gasteiger partial charge in [-0.25, -0.2) is 14.3 Å². The largest absolute Gasteiger partial charge is 0.461 e. The van der Waals surface area contributed by atoms with Crippen LogP contribution in [0.2, 0.25) is 0 Å². The molecule has 0 spiro atoms. The van der Waals surface area contributed by atoms with Gasteiger partial charge in [-0.2, -0.15) is 5.10 Å². The van der Waals surface area contributed by atoms with Crippen molar-refractivity contribution >= 4 is 28.6 Å². The predicted molar refractivity (Wildman–Crippen MR) is 83.8 cm³/mol. The Morgan fingerprint density at radius 2 is 2.30 bits per heavy atom. The van der Waals surface area contributed by atoms with Gasteiger partial charge in [0.2, 0.25) is 5.01 Å². The molecule has 0 aliphatic carbocycles. The van der Waals surface area contributed by atoms with Gasteiger partial charge in [0.1, 0.15) is 16.9 Å². The molecular formula is C14H14N6O2S. The first-order chi connectivity index (χ1) is 11.3. The van der Waals surface area contributed by atoms with Crippen molar-refractivity contribution < 1.29 is 9.53 Å². The Morgan fingerprint density at radius 3 is 3.13 bits per heavy atom. The van der Waals surface area contributed by atoms with Crippen LogP contribution in [0.1, 0.15) is 27.7 Å². The Hall–Kier alpha value is -2.55. The van der Waals surface area contributed by atoms with Gasteiger partial charge < -0.3 is 9.64 Å². The van der Waals surface area contributed by atoms with Crippen molar-refractivity contribution in [3.8, 4) is 0 Å². The number of fused-ring (bicyclic) bond motifs is 1. The number of hydrogen-bond donors (Lipinski definition) is 0. The Bertz CT molecular complexity index is 854. The molecule has 3 aromatic rings. The van der Waals surface area contributed by atoms with E-state index in [-0.39, 0.29) is 5.92 Å². The van der Waals surface area contributed by atoms with E-state index >= 15 is 0 Å². The number of hydrogen-bond acceptors (Lipinski definition) is 8. The van der Waals surface area contributed by atoms with E-state index in [1.54, 1.807) is 17.8 Å². The van der Waals surface area contributed by atoms with Crippen molar-refractivity contribution in [3.05, 3.63) is 34.7 Å². The van der Waals surface area contributed by atoms with Crippen LogP contribution in [-0.4, -0.2) is 50.5 Å². The smallest absolute Gasteiger partial charge is 0.369 e. The van der Waals surface area contributed by atoms with Crippen LogP contribution >= 0.6 is 11.3 Å². The zero-order chi connectivity index (χ0) is 15.8. The average molecular weight is 330 g/mol. The standard InChI is InChI=1S/C14H14N6O2S/c1-2-22-14(21)13-18-17-12(23-13)9-6-19(7-9)11-10-4-3-5-20(10)16-8-15-11/h3-5,8-9H,2,6-7H2,1H3. The van der Waals surface area contributed by atoms with Crippen molar-refractivity contribution in [2.75, 3.05) is 24.6 Å². The first-order valence-corrected chi connectivity index (χ1v) is 8.11. The van der Waals surface area contributed by atoms with Gasteiger partial charge in [-0.3, -0.25) is 0 Å². The lowest BCUT2D eigenvalue weighted by atomic mass is 10.0. The van der Waals surface area contributed by atoms with Crippen LogP contribution in [0.15, 0.2) is 24.7 Å². The summed E-state index contributed by atoms with van der Waals surface area (Å²) in [6.45, 7) is 3.71. The summed E-state index contributed by atoms with van der Waals surface area (Å²) in [6, 6.07) is 3.94. The van der Waals surface area contributed by atoms with Crippen molar-refractivity contribution in [3.63, 3.8) is 0 Å². The van der Waals surface area contributed by atoms with Crippen LogP contribution in [0.25, 0.3) is 5.52 Å². The fourth-order valence-electron chi connectivity index (χ4n) is 2.58. The number of esters is 1. The molecule has 4 rings (SSSR count). The highest BCUT2D eigenvalue weighted by Crippen LogP contribution is 2.33. The predicted octanol–water partition coefficient (Wildman–Crippen LogP) is 1.36. The third-order valence-electron chi connectivity index (χ3n) is 3.73. The molecular weight excluding hydrogens is 316 g/mol. The molecule has 0 aromatic carbocycles. The summed E-state index contributed by atoms with van der Waals surface area (Å²) in [4.78, 5) is 18.2. The number of nitrogens with zero attached hydrogens (tertiary/aromatic N) is 6. The van der Waals surface area contributed by atoms with E-state index in [1.165, 1.54) is 11.3 Å². The summed E-state index contributed by atoms with van der Waals surface area (Å²) >= 11 is 1.31. The molecule has 1 aliphatic rings. The number of ether oxygens (including phenoxy) is 1. The third-order valence-corrected chi connectivity index (χ3v) is 4.80. The number of carbonyl (C=O) groups is 1. The van der Waals surface area contributed by atoms with Crippen LogP contribution in [0, 0.1) is 0 Å². The fourth-order valence-corrected chi connectivity index (χ4v) is 3.40. The summed E-state index contributed by atoms with van der Waals surface area (Å²) in [5.74, 6) is 0.773. The van der Waals surface area contributed by atoms with E-state index in [2.05, 4.69) is 25.2 Å². The maximum atomic E-state index is 11.6. The Labute approximate surface area is 135 Å².